The second-order valence-corrected chi connectivity index (χ2v) is 7.87. The number of furan rings is 1. The van der Waals surface area contributed by atoms with Gasteiger partial charge in [-0.1, -0.05) is 6.07 Å². The molecule has 1 saturated heterocycles. The van der Waals surface area contributed by atoms with Crippen molar-refractivity contribution < 1.29 is 23.9 Å². The van der Waals surface area contributed by atoms with Gasteiger partial charge in [-0.3, -0.25) is 14.4 Å². The van der Waals surface area contributed by atoms with Gasteiger partial charge < -0.3 is 25.1 Å². The van der Waals surface area contributed by atoms with Crippen LogP contribution in [0.3, 0.4) is 0 Å². The van der Waals surface area contributed by atoms with Crippen LogP contribution in [0.15, 0.2) is 57.6 Å². The molecule has 1 atom stereocenters. The molecule has 1 aliphatic rings. The number of nitrogens with zero attached hydrogens (tertiary/aromatic N) is 1. The second-order valence-electron chi connectivity index (χ2n) is 7.09. The largest absolute Gasteiger partial charge is 0.458 e. The maximum Gasteiger partial charge on any atom is 0.313 e. The number of aliphatic hydroxyl groups is 1. The van der Waals surface area contributed by atoms with E-state index in [1.54, 1.807) is 41.3 Å². The SMILES string of the molecule is O=C(NC[C@H](O)c1ccc(-c2ccsc2)o1)C(=O)Nc1cccc(N2CCCC2=O)c1. The zero-order chi connectivity index (χ0) is 21.8. The minimum absolute atomic E-state index is 0.0373. The molecule has 160 valence electrons. The highest BCUT2D eigenvalue weighted by atomic mass is 32.1. The fourth-order valence-corrected chi connectivity index (χ4v) is 3.97. The summed E-state index contributed by atoms with van der Waals surface area (Å²) in [5.74, 6) is -0.794. The van der Waals surface area contributed by atoms with Crippen molar-refractivity contribution in [2.75, 3.05) is 23.3 Å². The maximum absolute atomic E-state index is 12.2. The number of rotatable bonds is 6. The van der Waals surface area contributed by atoms with Crippen LogP contribution in [0.4, 0.5) is 11.4 Å². The summed E-state index contributed by atoms with van der Waals surface area (Å²) in [5, 5.41) is 19.0. The average Bonchev–Trinajstić information content (AvgIpc) is 3.52. The average molecular weight is 439 g/mol. The Bertz CT molecular complexity index is 1090. The first-order valence-corrected chi connectivity index (χ1v) is 10.8. The van der Waals surface area contributed by atoms with Gasteiger partial charge in [-0.2, -0.15) is 11.3 Å². The molecule has 0 saturated carbocycles. The number of anilines is 2. The van der Waals surface area contributed by atoms with E-state index in [-0.39, 0.29) is 12.5 Å². The quantitative estimate of drug-likeness (QED) is 0.512. The summed E-state index contributed by atoms with van der Waals surface area (Å²) in [7, 11) is 0. The van der Waals surface area contributed by atoms with Crippen molar-refractivity contribution >= 4 is 40.4 Å². The van der Waals surface area contributed by atoms with Crippen LogP contribution in [-0.4, -0.2) is 35.9 Å². The molecule has 0 radical (unpaired) electrons. The zero-order valence-electron chi connectivity index (χ0n) is 16.5. The van der Waals surface area contributed by atoms with E-state index in [0.717, 1.165) is 12.0 Å². The van der Waals surface area contributed by atoms with Crippen molar-refractivity contribution in [3.63, 3.8) is 0 Å². The Morgan fingerprint density at radius 2 is 2.06 bits per heavy atom. The van der Waals surface area contributed by atoms with E-state index in [9.17, 15) is 19.5 Å². The van der Waals surface area contributed by atoms with Crippen LogP contribution < -0.4 is 15.5 Å². The molecular weight excluding hydrogens is 418 g/mol. The van der Waals surface area contributed by atoms with Crippen molar-refractivity contribution in [2.24, 2.45) is 0 Å². The van der Waals surface area contributed by atoms with Crippen LogP contribution in [0.5, 0.6) is 0 Å². The molecule has 3 aromatic rings. The van der Waals surface area contributed by atoms with Crippen LogP contribution >= 0.6 is 11.3 Å². The van der Waals surface area contributed by atoms with Crippen LogP contribution in [0, 0.1) is 0 Å². The number of amides is 3. The van der Waals surface area contributed by atoms with Gasteiger partial charge in [0, 0.05) is 35.3 Å². The fourth-order valence-electron chi connectivity index (χ4n) is 3.32. The van der Waals surface area contributed by atoms with Crippen molar-refractivity contribution in [2.45, 2.75) is 18.9 Å². The Balaban J connectivity index is 1.31. The first-order valence-electron chi connectivity index (χ1n) is 9.81. The smallest absolute Gasteiger partial charge is 0.313 e. The number of carbonyl (C=O) groups is 3. The highest BCUT2D eigenvalue weighted by Gasteiger charge is 2.22. The first-order chi connectivity index (χ1) is 15.0. The van der Waals surface area contributed by atoms with E-state index in [1.165, 1.54) is 11.3 Å². The monoisotopic (exact) mass is 439 g/mol. The molecule has 1 aliphatic heterocycles. The van der Waals surface area contributed by atoms with E-state index in [4.69, 9.17) is 4.42 Å². The summed E-state index contributed by atoms with van der Waals surface area (Å²) in [6, 6.07) is 12.1. The minimum atomic E-state index is -1.09. The third-order valence-electron chi connectivity index (χ3n) is 4.91. The van der Waals surface area contributed by atoms with Crippen molar-refractivity contribution in [3.05, 3.63) is 59.0 Å². The predicted octanol–water partition coefficient (Wildman–Crippen LogP) is 2.92. The van der Waals surface area contributed by atoms with Crippen molar-refractivity contribution in [1.29, 1.82) is 0 Å². The standard InChI is InChI=1S/C22H21N3O5S/c26-17(19-7-6-18(30-19)14-8-10-31-13-14)12-23-21(28)22(29)24-15-3-1-4-16(11-15)25-9-2-5-20(25)27/h1,3-4,6-8,10-11,13,17,26H,2,5,9,12H2,(H,23,28)(H,24,29)/t17-/m0/s1. The lowest BCUT2D eigenvalue weighted by atomic mass is 10.2. The third kappa shape index (κ3) is 4.84. The number of benzene rings is 1. The molecule has 0 bridgehead atoms. The van der Waals surface area contributed by atoms with Crippen molar-refractivity contribution in [3.8, 4) is 11.3 Å². The molecule has 0 spiro atoms. The topological polar surface area (TPSA) is 112 Å². The summed E-state index contributed by atoms with van der Waals surface area (Å²) in [4.78, 5) is 37.9. The number of thiophene rings is 1. The van der Waals surface area contributed by atoms with E-state index in [2.05, 4.69) is 10.6 Å². The van der Waals surface area contributed by atoms with Crippen LogP contribution in [0.25, 0.3) is 11.3 Å². The number of carbonyl (C=O) groups excluding carboxylic acids is 3. The van der Waals surface area contributed by atoms with Gasteiger partial charge in [-0.05, 0) is 48.2 Å². The Kier molecular flexibility index (Phi) is 6.15. The number of hydrogen-bond donors (Lipinski definition) is 3. The Morgan fingerprint density at radius 1 is 1.19 bits per heavy atom. The van der Waals surface area contributed by atoms with E-state index in [1.807, 2.05) is 16.8 Å². The van der Waals surface area contributed by atoms with Crippen LogP contribution in [-0.2, 0) is 14.4 Å². The Labute approximate surface area is 182 Å². The Morgan fingerprint density at radius 3 is 2.81 bits per heavy atom. The number of hydrogen-bond acceptors (Lipinski definition) is 6. The summed E-state index contributed by atoms with van der Waals surface area (Å²) < 4.78 is 5.62. The van der Waals surface area contributed by atoms with E-state index < -0.39 is 17.9 Å². The lowest BCUT2D eigenvalue weighted by molar-refractivity contribution is -0.136. The van der Waals surface area contributed by atoms with Gasteiger partial charge in [-0.15, -0.1) is 0 Å². The molecule has 3 N–H and O–H groups in total. The normalized spacial score (nSPS) is 14.5. The van der Waals surface area contributed by atoms with Gasteiger partial charge in [-0.25, -0.2) is 0 Å². The van der Waals surface area contributed by atoms with E-state index in [0.29, 0.717) is 35.9 Å². The van der Waals surface area contributed by atoms with Crippen LogP contribution in [0.2, 0.25) is 0 Å². The number of nitrogens with one attached hydrogen (secondary N) is 2. The summed E-state index contributed by atoms with van der Waals surface area (Å²) in [6.45, 7) is 0.459. The minimum Gasteiger partial charge on any atom is -0.458 e. The third-order valence-corrected chi connectivity index (χ3v) is 5.60. The molecule has 4 rings (SSSR count). The second kappa shape index (κ2) is 9.15. The molecule has 0 unspecified atom stereocenters. The molecule has 31 heavy (non-hydrogen) atoms. The Hall–Kier alpha value is -3.43. The van der Waals surface area contributed by atoms with Gasteiger partial charge in [0.1, 0.15) is 17.6 Å². The van der Waals surface area contributed by atoms with Gasteiger partial charge in [0.15, 0.2) is 0 Å². The summed E-state index contributed by atoms with van der Waals surface area (Å²) in [5.41, 5.74) is 1.99. The molecule has 2 aromatic heterocycles. The van der Waals surface area contributed by atoms with Gasteiger partial charge in [0.25, 0.3) is 0 Å². The fraction of sp³-hybridized carbons (Fsp3) is 0.227. The highest BCUT2D eigenvalue weighted by Crippen LogP contribution is 2.27. The van der Waals surface area contributed by atoms with Gasteiger partial charge in [0.2, 0.25) is 5.91 Å². The lowest BCUT2D eigenvalue weighted by Crippen LogP contribution is -2.37. The lowest BCUT2D eigenvalue weighted by Gasteiger charge is -2.16. The molecule has 8 nitrogen and oxygen atoms in total. The molecule has 3 amide bonds. The molecule has 1 aromatic carbocycles. The summed E-state index contributed by atoms with van der Waals surface area (Å²) in [6.07, 6.45) is 0.213. The van der Waals surface area contributed by atoms with Gasteiger partial charge in [0.05, 0.1) is 6.54 Å². The molecule has 1 fully saturated rings. The maximum atomic E-state index is 12.2. The summed E-state index contributed by atoms with van der Waals surface area (Å²) >= 11 is 1.53. The van der Waals surface area contributed by atoms with E-state index >= 15 is 0 Å². The van der Waals surface area contributed by atoms with Gasteiger partial charge >= 0.3 is 11.8 Å². The molecule has 3 heterocycles. The van der Waals surface area contributed by atoms with Crippen LogP contribution in [0.1, 0.15) is 24.7 Å². The number of aliphatic hydroxyl groups excluding tert-OH is 1. The molecule has 9 heteroatoms. The zero-order valence-corrected chi connectivity index (χ0v) is 17.4. The predicted molar refractivity (Wildman–Crippen MR) is 117 cm³/mol. The molecular formula is C22H21N3O5S. The first kappa shape index (κ1) is 20.8. The highest BCUT2D eigenvalue weighted by molar-refractivity contribution is 7.08. The van der Waals surface area contributed by atoms with Crippen molar-refractivity contribution in [1.82, 2.24) is 5.32 Å². The molecule has 0 aliphatic carbocycles.